The van der Waals surface area contributed by atoms with Gasteiger partial charge in [0.05, 0.1) is 38.6 Å². The van der Waals surface area contributed by atoms with Crippen molar-refractivity contribution in [3.63, 3.8) is 0 Å². The van der Waals surface area contributed by atoms with E-state index in [1.165, 1.54) is 19.2 Å². The van der Waals surface area contributed by atoms with Crippen LogP contribution in [-0.4, -0.2) is 56.6 Å². The van der Waals surface area contributed by atoms with Gasteiger partial charge in [-0.3, -0.25) is 14.3 Å². The van der Waals surface area contributed by atoms with E-state index in [4.69, 9.17) is 14.6 Å². The first-order valence-corrected chi connectivity index (χ1v) is 11.9. The quantitative estimate of drug-likeness (QED) is 0.569. The number of ether oxygens (including phenoxy) is 2. The normalized spacial score (nSPS) is 15.7. The number of hydrazone groups is 1. The molecule has 2 aromatic carbocycles. The van der Waals surface area contributed by atoms with E-state index in [0.717, 1.165) is 6.26 Å². The first kappa shape index (κ1) is 24.1. The fourth-order valence-corrected chi connectivity index (χ4v) is 4.09. The predicted molar refractivity (Wildman–Crippen MR) is 122 cm³/mol. The van der Waals surface area contributed by atoms with Gasteiger partial charge in [-0.15, -0.1) is 0 Å². The lowest BCUT2D eigenvalue weighted by molar-refractivity contribution is -0.141. The Kier molecular flexibility index (Phi) is 7.22. The minimum Gasteiger partial charge on any atom is -0.497 e. The molecule has 0 saturated carbocycles. The molecule has 0 bridgehead atoms. The molecule has 0 aliphatic carbocycles. The number of benzene rings is 2. The molecular weight excluding hydrogens is 450 g/mol. The average molecular weight is 476 g/mol. The fourth-order valence-electron chi connectivity index (χ4n) is 3.53. The third-order valence-corrected chi connectivity index (χ3v) is 5.64. The highest BCUT2D eigenvalue weighted by Gasteiger charge is 2.35. The van der Waals surface area contributed by atoms with E-state index in [0.29, 0.717) is 40.4 Å². The summed E-state index contributed by atoms with van der Waals surface area (Å²) in [5.74, 6) is -0.386. The van der Waals surface area contributed by atoms with Gasteiger partial charge in [-0.25, -0.2) is 13.4 Å². The molecule has 3 rings (SSSR count). The van der Waals surface area contributed by atoms with Crippen molar-refractivity contribution in [3.05, 3.63) is 53.6 Å². The van der Waals surface area contributed by atoms with E-state index in [1.54, 1.807) is 42.5 Å². The van der Waals surface area contributed by atoms with Crippen molar-refractivity contribution < 1.29 is 32.6 Å². The van der Waals surface area contributed by atoms with Gasteiger partial charge < -0.3 is 14.6 Å². The number of amides is 1. The zero-order chi connectivity index (χ0) is 24.2. The minimum atomic E-state index is -3.41. The summed E-state index contributed by atoms with van der Waals surface area (Å²) < 4.78 is 36.1. The molecule has 1 aliphatic rings. The van der Waals surface area contributed by atoms with Gasteiger partial charge in [-0.05, 0) is 35.9 Å². The number of carbonyl (C=O) groups is 2. The van der Waals surface area contributed by atoms with Gasteiger partial charge in [0, 0.05) is 24.1 Å². The fraction of sp³-hybridized carbons (Fsp3) is 0.318. The summed E-state index contributed by atoms with van der Waals surface area (Å²) in [4.78, 5) is 23.9. The second-order valence-corrected chi connectivity index (χ2v) is 9.21. The molecule has 0 radical (unpaired) electrons. The lowest BCUT2D eigenvalue weighted by Gasteiger charge is -2.24. The zero-order valence-corrected chi connectivity index (χ0v) is 19.3. The van der Waals surface area contributed by atoms with Crippen molar-refractivity contribution in [1.82, 2.24) is 5.01 Å². The molecular formula is C22H25N3O7S. The Morgan fingerprint density at radius 1 is 1.12 bits per heavy atom. The Hall–Kier alpha value is -3.60. The first-order valence-electron chi connectivity index (χ1n) is 10.0. The van der Waals surface area contributed by atoms with E-state index in [1.807, 2.05) is 0 Å². The van der Waals surface area contributed by atoms with Crippen LogP contribution < -0.4 is 14.2 Å². The van der Waals surface area contributed by atoms with Crippen LogP contribution in [0.3, 0.4) is 0 Å². The van der Waals surface area contributed by atoms with E-state index >= 15 is 0 Å². The van der Waals surface area contributed by atoms with E-state index < -0.39 is 27.9 Å². The number of carbonyl (C=O) groups excluding carboxylic acids is 1. The Labute approximate surface area is 191 Å². The molecule has 1 aliphatic heterocycles. The third kappa shape index (κ3) is 6.01. The number of nitrogens with zero attached hydrogens (tertiary/aromatic N) is 2. The molecule has 2 aromatic rings. The minimum absolute atomic E-state index is 0.202. The number of hydrogen-bond donors (Lipinski definition) is 2. The maximum Gasteiger partial charge on any atom is 0.303 e. The first-order chi connectivity index (χ1) is 15.6. The molecule has 10 nitrogen and oxygen atoms in total. The Bertz CT molecular complexity index is 1180. The molecule has 0 aromatic heterocycles. The number of sulfonamides is 1. The summed E-state index contributed by atoms with van der Waals surface area (Å²) in [6.07, 6.45) is 0.899. The van der Waals surface area contributed by atoms with Crippen LogP contribution in [0.5, 0.6) is 11.5 Å². The lowest BCUT2D eigenvalue weighted by atomic mass is 9.97. The van der Waals surface area contributed by atoms with Crippen molar-refractivity contribution in [2.24, 2.45) is 5.10 Å². The number of carboxylic acid groups (broad SMARTS) is 1. The number of methoxy groups -OCH3 is 2. The van der Waals surface area contributed by atoms with Crippen LogP contribution in [0.2, 0.25) is 0 Å². The van der Waals surface area contributed by atoms with Gasteiger partial charge in [0.2, 0.25) is 15.9 Å². The molecule has 0 unspecified atom stereocenters. The molecule has 1 amide bonds. The molecule has 176 valence electrons. The number of anilines is 1. The molecule has 11 heteroatoms. The monoisotopic (exact) mass is 475 g/mol. The number of aliphatic carboxylic acids is 1. The van der Waals surface area contributed by atoms with Gasteiger partial charge in [0.15, 0.2) is 0 Å². The Morgan fingerprint density at radius 3 is 2.39 bits per heavy atom. The maximum absolute atomic E-state index is 12.9. The summed E-state index contributed by atoms with van der Waals surface area (Å²) in [5.41, 5.74) is 2.38. The van der Waals surface area contributed by atoms with Gasteiger partial charge in [0.1, 0.15) is 11.5 Å². The number of rotatable bonds is 9. The Morgan fingerprint density at radius 2 is 1.82 bits per heavy atom. The van der Waals surface area contributed by atoms with Crippen molar-refractivity contribution in [2.45, 2.75) is 25.3 Å². The van der Waals surface area contributed by atoms with Crippen LogP contribution in [-0.2, 0) is 19.6 Å². The number of carboxylic acids is 1. The van der Waals surface area contributed by atoms with Gasteiger partial charge in [0.25, 0.3) is 0 Å². The highest BCUT2D eigenvalue weighted by Crippen LogP contribution is 2.39. The summed E-state index contributed by atoms with van der Waals surface area (Å²) in [7, 11) is -0.357. The maximum atomic E-state index is 12.9. The molecule has 0 saturated heterocycles. The highest BCUT2D eigenvalue weighted by atomic mass is 32.2. The molecule has 0 fully saturated rings. The summed E-state index contributed by atoms with van der Waals surface area (Å²) >= 11 is 0. The van der Waals surface area contributed by atoms with Gasteiger partial charge >= 0.3 is 5.97 Å². The standard InChI is InChI=1S/C22H25N3O7S/c1-31-16-8-9-20(32-2)17(12-16)19-13-18(23-25(19)21(26)10-11-22(27)28)14-4-6-15(7-5-14)24-33(3,29)30/h4-9,12,19,24H,10-11,13H2,1-3H3,(H,27,28)/t19-/m1/s1. The molecule has 1 atom stereocenters. The van der Waals surface area contributed by atoms with E-state index in [9.17, 15) is 18.0 Å². The molecule has 1 heterocycles. The summed E-state index contributed by atoms with van der Waals surface area (Å²) in [6, 6.07) is 11.3. The Balaban J connectivity index is 1.96. The zero-order valence-electron chi connectivity index (χ0n) is 18.4. The molecule has 0 spiro atoms. The van der Waals surface area contributed by atoms with Crippen molar-refractivity contribution in [3.8, 4) is 11.5 Å². The second-order valence-electron chi connectivity index (χ2n) is 7.46. The van der Waals surface area contributed by atoms with Crippen LogP contribution in [0.15, 0.2) is 47.6 Å². The van der Waals surface area contributed by atoms with Crippen molar-refractivity contribution in [2.75, 3.05) is 25.2 Å². The lowest BCUT2D eigenvalue weighted by Crippen LogP contribution is -2.27. The predicted octanol–water partition coefficient (Wildman–Crippen LogP) is 2.62. The molecule has 2 N–H and O–H groups in total. The smallest absolute Gasteiger partial charge is 0.303 e. The summed E-state index contributed by atoms with van der Waals surface area (Å²) in [6.45, 7) is 0. The van der Waals surface area contributed by atoms with Crippen molar-refractivity contribution in [1.29, 1.82) is 0 Å². The average Bonchev–Trinajstić information content (AvgIpc) is 3.21. The van der Waals surface area contributed by atoms with Crippen LogP contribution >= 0.6 is 0 Å². The van der Waals surface area contributed by atoms with Crippen LogP contribution in [0.25, 0.3) is 0 Å². The number of hydrogen-bond acceptors (Lipinski definition) is 7. The van der Waals surface area contributed by atoms with Gasteiger partial charge in [-0.2, -0.15) is 5.10 Å². The largest absolute Gasteiger partial charge is 0.497 e. The second kappa shape index (κ2) is 9.90. The van der Waals surface area contributed by atoms with Crippen LogP contribution in [0.4, 0.5) is 5.69 Å². The third-order valence-electron chi connectivity index (χ3n) is 5.04. The van der Waals surface area contributed by atoms with E-state index in [-0.39, 0.29) is 12.8 Å². The molecule has 33 heavy (non-hydrogen) atoms. The number of nitrogens with one attached hydrogen (secondary N) is 1. The van der Waals surface area contributed by atoms with Crippen LogP contribution in [0.1, 0.15) is 36.4 Å². The SMILES string of the molecule is COc1ccc(OC)c([C@H]2CC(c3ccc(NS(C)(=O)=O)cc3)=NN2C(=O)CCC(=O)O)c1. The van der Waals surface area contributed by atoms with E-state index in [2.05, 4.69) is 9.82 Å². The summed E-state index contributed by atoms with van der Waals surface area (Å²) in [5, 5.41) is 14.8. The van der Waals surface area contributed by atoms with Crippen LogP contribution in [0, 0.1) is 0 Å². The highest BCUT2D eigenvalue weighted by molar-refractivity contribution is 7.92. The van der Waals surface area contributed by atoms with Crippen molar-refractivity contribution >= 4 is 33.3 Å². The topological polar surface area (TPSA) is 135 Å². The van der Waals surface area contributed by atoms with Gasteiger partial charge in [-0.1, -0.05) is 12.1 Å².